The van der Waals surface area contributed by atoms with Crippen molar-refractivity contribution < 1.29 is 0 Å². The van der Waals surface area contributed by atoms with Gasteiger partial charge in [-0.25, -0.2) is 0 Å². The highest BCUT2D eigenvalue weighted by Crippen LogP contribution is 2.44. The van der Waals surface area contributed by atoms with Crippen molar-refractivity contribution in [2.24, 2.45) is 0 Å². The Morgan fingerprint density at radius 3 is 1.33 bits per heavy atom. The van der Waals surface area contributed by atoms with Crippen LogP contribution in [-0.2, 0) is 0 Å². The molecule has 0 N–H and O–H groups in total. The lowest BCUT2D eigenvalue weighted by atomic mass is 10.0. The monoisotopic (exact) mass is 725 g/mol. The molecule has 0 spiro atoms. The fourth-order valence-corrected chi connectivity index (χ4v) is 9.40. The van der Waals surface area contributed by atoms with Gasteiger partial charge in [-0.05, 0) is 83.4 Å². The first kappa shape index (κ1) is 31.7. The van der Waals surface area contributed by atoms with Gasteiger partial charge >= 0.3 is 0 Å². The minimum atomic E-state index is 1.15. The zero-order chi connectivity index (χ0) is 37.5. The highest BCUT2D eigenvalue weighted by molar-refractivity contribution is 6.29. The van der Waals surface area contributed by atoms with Crippen molar-refractivity contribution in [2.45, 2.75) is 0 Å². The number of fused-ring (bicyclic) bond motifs is 10. The van der Waals surface area contributed by atoms with Crippen LogP contribution in [0.4, 0.5) is 0 Å². The van der Waals surface area contributed by atoms with Gasteiger partial charge < -0.3 is 13.7 Å². The van der Waals surface area contributed by atoms with E-state index in [1.807, 2.05) is 0 Å². The van der Waals surface area contributed by atoms with Gasteiger partial charge in [-0.15, -0.1) is 0 Å². The third kappa shape index (κ3) is 4.73. The van der Waals surface area contributed by atoms with Crippen LogP contribution in [0.3, 0.4) is 0 Å². The first-order chi connectivity index (χ1) is 28.3. The molecule has 9 aromatic carbocycles. The molecule has 12 aromatic rings. The minimum Gasteiger partial charge on any atom is -0.309 e. The lowest BCUT2D eigenvalue weighted by Gasteiger charge is -2.15. The average Bonchev–Trinajstić information content (AvgIpc) is 3.92. The highest BCUT2D eigenvalue weighted by Gasteiger charge is 2.22. The van der Waals surface area contributed by atoms with Gasteiger partial charge in [0.2, 0.25) is 0 Å². The molecule has 0 aliphatic heterocycles. The van der Waals surface area contributed by atoms with Gasteiger partial charge in [-0.2, -0.15) is 0 Å². The molecule has 0 amide bonds. The molecule has 0 fully saturated rings. The number of nitrogens with zero attached hydrogens (tertiary/aromatic N) is 3. The van der Waals surface area contributed by atoms with Crippen molar-refractivity contribution in [3.63, 3.8) is 0 Å². The van der Waals surface area contributed by atoms with Gasteiger partial charge in [0.1, 0.15) is 0 Å². The first-order valence-electron chi connectivity index (χ1n) is 19.6. The molecule has 0 aliphatic rings. The second kappa shape index (κ2) is 12.5. The standard InChI is InChI=1S/C54H35N3/c1-4-16-36(17-5-1)37-28-30-42-43-31-29-38(35-52(43)56(51(42)34-37)40-20-8-3-9-21-40)41-22-10-13-25-46(41)57-48-27-15-12-24-45(48)54-50(57)33-32-49-53(54)44-23-11-14-26-47(44)55(49)39-18-6-2-7-19-39/h1-35H. The molecule has 0 aliphatic carbocycles. The molecule has 57 heavy (non-hydrogen) atoms. The quantitative estimate of drug-likeness (QED) is 0.168. The fraction of sp³-hybridized carbons (Fsp3) is 0. The Hall–Kier alpha value is -7.62. The summed E-state index contributed by atoms with van der Waals surface area (Å²) in [7, 11) is 0. The molecular formula is C54H35N3. The van der Waals surface area contributed by atoms with E-state index in [0.717, 1.165) is 17.1 Å². The Labute approximate surface area is 329 Å². The molecule has 3 heteroatoms. The summed E-state index contributed by atoms with van der Waals surface area (Å²) in [6.07, 6.45) is 0. The summed E-state index contributed by atoms with van der Waals surface area (Å²) in [4.78, 5) is 0. The van der Waals surface area contributed by atoms with Crippen LogP contribution in [0.2, 0.25) is 0 Å². The zero-order valence-corrected chi connectivity index (χ0v) is 31.0. The lowest BCUT2D eigenvalue weighted by molar-refractivity contribution is 1.17. The van der Waals surface area contributed by atoms with Crippen molar-refractivity contribution in [2.75, 3.05) is 0 Å². The Kier molecular flexibility index (Phi) is 6.93. The second-order valence-corrected chi connectivity index (χ2v) is 14.9. The SMILES string of the molecule is c1ccc(-c2ccc3c4ccc(-c5ccccc5-n5c6ccccc6c6c7c8ccccc8n(-c8ccccc8)c7ccc65)cc4n(-c4ccccc4)c3c2)cc1. The summed E-state index contributed by atoms with van der Waals surface area (Å²) in [6, 6.07) is 77.4. The van der Waals surface area contributed by atoms with Crippen LogP contribution in [0.15, 0.2) is 212 Å². The van der Waals surface area contributed by atoms with Crippen molar-refractivity contribution in [3.8, 4) is 39.3 Å². The molecule has 3 nitrogen and oxygen atoms in total. The van der Waals surface area contributed by atoms with Crippen molar-refractivity contribution in [1.29, 1.82) is 0 Å². The minimum absolute atomic E-state index is 1.15. The molecule has 0 saturated carbocycles. The summed E-state index contributed by atoms with van der Waals surface area (Å²) < 4.78 is 7.33. The van der Waals surface area contributed by atoms with Crippen molar-refractivity contribution >= 4 is 65.4 Å². The topological polar surface area (TPSA) is 14.8 Å². The van der Waals surface area contributed by atoms with Crippen LogP contribution < -0.4 is 0 Å². The van der Waals surface area contributed by atoms with Crippen LogP contribution in [0.5, 0.6) is 0 Å². The van der Waals surface area contributed by atoms with Gasteiger partial charge in [0.15, 0.2) is 0 Å². The van der Waals surface area contributed by atoms with Crippen LogP contribution in [0.25, 0.3) is 105 Å². The van der Waals surface area contributed by atoms with E-state index in [0.29, 0.717) is 0 Å². The largest absolute Gasteiger partial charge is 0.309 e. The molecule has 3 heterocycles. The van der Waals surface area contributed by atoms with Crippen LogP contribution in [-0.4, -0.2) is 13.7 Å². The van der Waals surface area contributed by atoms with Gasteiger partial charge in [0.25, 0.3) is 0 Å². The Balaban J connectivity index is 1.12. The number of hydrogen-bond donors (Lipinski definition) is 0. The smallest absolute Gasteiger partial charge is 0.0549 e. The number of aromatic nitrogens is 3. The molecule has 0 saturated heterocycles. The first-order valence-corrected chi connectivity index (χ1v) is 19.6. The van der Waals surface area contributed by atoms with Crippen LogP contribution >= 0.6 is 0 Å². The number of rotatable bonds is 5. The van der Waals surface area contributed by atoms with Crippen molar-refractivity contribution in [3.05, 3.63) is 212 Å². The summed E-state index contributed by atoms with van der Waals surface area (Å²) in [5.41, 5.74) is 15.4. The van der Waals surface area contributed by atoms with E-state index in [1.165, 1.54) is 87.7 Å². The highest BCUT2D eigenvalue weighted by atomic mass is 15.0. The normalized spacial score (nSPS) is 11.9. The van der Waals surface area contributed by atoms with Gasteiger partial charge in [0.05, 0.1) is 38.8 Å². The maximum atomic E-state index is 2.48. The third-order valence-electron chi connectivity index (χ3n) is 11.8. The maximum Gasteiger partial charge on any atom is 0.0549 e. The Morgan fingerprint density at radius 2 is 0.702 bits per heavy atom. The molecule has 0 unspecified atom stereocenters. The average molecular weight is 726 g/mol. The predicted octanol–water partition coefficient (Wildman–Crippen LogP) is 14.3. The molecule has 12 rings (SSSR count). The van der Waals surface area contributed by atoms with E-state index < -0.39 is 0 Å². The van der Waals surface area contributed by atoms with Gasteiger partial charge in [0, 0.05) is 49.3 Å². The number of benzene rings is 9. The molecule has 3 aromatic heterocycles. The number of para-hydroxylation sites is 5. The van der Waals surface area contributed by atoms with E-state index in [-0.39, 0.29) is 0 Å². The second-order valence-electron chi connectivity index (χ2n) is 14.9. The number of hydrogen-bond acceptors (Lipinski definition) is 0. The summed E-state index contributed by atoms with van der Waals surface area (Å²) in [5, 5.41) is 7.55. The molecular weight excluding hydrogens is 691 g/mol. The Morgan fingerprint density at radius 1 is 0.246 bits per heavy atom. The summed E-state index contributed by atoms with van der Waals surface area (Å²) in [5.74, 6) is 0. The predicted molar refractivity (Wildman–Crippen MR) is 240 cm³/mol. The van der Waals surface area contributed by atoms with E-state index >= 15 is 0 Å². The summed E-state index contributed by atoms with van der Waals surface area (Å²) >= 11 is 0. The van der Waals surface area contributed by atoms with E-state index in [2.05, 4.69) is 226 Å². The molecule has 0 radical (unpaired) electrons. The Bertz CT molecular complexity index is 3500. The fourth-order valence-electron chi connectivity index (χ4n) is 9.40. The molecule has 266 valence electrons. The van der Waals surface area contributed by atoms with Gasteiger partial charge in [-0.1, -0.05) is 146 Å². The van der Waals surface area contributed by atoms with Crippen molar-refractivity contribution in [1.82, 2.24) is 13.7 Å². The van der Waals surface area contributed by atoms with Gasteiger partial charge in [-0.3, -0.25) is 0 Å². The van der Waals surface area contributed by atoms with E-state index in [4.69, 9.17) is 0 Å². The van der Waals surface area contributed by atoms with E-state index in [9.17, 15) is 0 Å². The lowest BCUT2D eigenvalue weighted by Crippen LogP contribution is -1.98. The van der Waals surface area contributed by atoms with Crippen LogP contribution in [0, 0.1) is 0 Å². The van der Waals surface area contributed by atoms with Crippen LogP contribution in [0.1, 0.15) is 0 Å². The maximum absolute atomic E-state index is 2.48. The summed E-state index contributed by atoms with van der Waals surface area (Å²) in [6.45, 7) is 0. The third-order valence-corrected chi connectivity index (χ3v) is 11.8. The molecule has 0 atom stereocenters. The molecule has 0 bridgehead atoms. The zero-order valence-electron chi connectivity index (χ0n) is 31.0. The van der Waals surface area contributed by atoms with E-state index in [1.54, 1.807) is 0 Å².